The van der Waals surface area contributed by atoms with Crippen LogP contribution in [0.3, 0.4) is 0 Å². The van der Waals surface area contributed by atoms with Gasteiger partial charge in [-0.05, 0) is 12.6 Å². The summed E-state index contributed by atoms with van der Waals surface area (Å²) in [5, 5.41) is 0. The second-order valence-electron chi connectivity index (χ2n) is 2.55. The van der Waals surface area contributed by atoms with E-state index in [1.165, 1.54) is 7.05 Å². The van der Waals surface area contributed by atoms with Crippen molar-refractivity contribution in [2.45, 2.75) is 6.18 Å². The molecular formula is C8H6F4NY-. The van der Waals surface area contributed by atoms with Crippen molar-refractivity contribution in [2.75, 3.05) is 7.05 Å². The Kier molecular flexibility index (Phi) is 4.52. The molecule has 0 aliphatic carbocycles. The van der Waals surface area contributed by atoms with Crippen molar-refractivity contribution < 1.29 is 50.3 Å². The Labute approximate surface area is 104 Å². The van der Waals surface area contributed by atoms with E-state index >= 15 is 0 Å². The average molecular weight is 281 g/mol. The summed E-state index contributed by atoms with van der Waals surface area (Å²) in [5.41, 5.74) is -1.85. The molecule has 0 N–H and O–H groups in total. The summed E-state index contributed by atoms with van der Waals surface area (Å²) in [6.07, 6.45) is -1.78. The molecule has 1 aliphatic rings. The number of halogens is 4. The molecule has 1 heterocycles. The zero-order chi connectivity index (χ0) is 10.2. The number of nitrogens with zero attached hydrogens (tertiary/aromatic N) is 1. The molecule has 0 aromatic rings. The van der Waals surface area contributed by atoms with Gasteiger partial charge in [-0.25, -0.2) is 4.39 Å². The summed E-state index contributed by atoms with van der Waals surface area (Å²) >= 11 is 0. The molecule has 0 atom stereocenters. The van der Waals surface area contributed by atoms with Gasteiger partial charge in [0.1, 0.15) is 0 Å². The van der Waals surface area contributed by atoms with Gasteiger partial charge < -0.3 is 4.90 Å². The van der Waals surface area contributed by atoms with E-state index in [4.69, 9.17) is 0 Å². The maximum absolute atomic E-state index is 12.8. The maximum atomic E-state index is 12.8. The normalized spacial score (nSPS) is 17.2. The summed E-state index contributed by atoms with van der Waals surface area (Å²) < 4.78 is 49.2. The average Bonchev–Trinajstić information content (AvgIpc) is 1.94. The monoisotopic (exact) mass is 281 g/mol. The van der Waals surface area contributed by atoms with Crippen LogP contribution in [0.5, 0.6) is 0 Å². The molecule has 0 aromatic heterocycles. The number of rotatable bonds is 0. The van der Waals surface area contributed by atoms with Gasteiger partial charge >= 0.3 is 6.18 Å². The van der Waals surface area contributed by atoms with E-state index < -0.39 is 23.1 Å². The fraction of sp³-hybridized carbons (Fsp3) is 0.250. The minimum absolute atomic E-state index is 0. The predicted octanol–water partition coefficient (Wildman–Crippen LogP) is 2.55. The first-order valence-corrected chi connectivity index (χ1v) is 3.33. The van der Waals surface area contributed by atoms with Gasteiger partial charge in [0.25, 0.3) is 0 Å². The van der Waals surface area contributed by atoms with E-state index in [2.05, 4.69) is 6.58 Å². The van der Waals surface area contributed by atoms with Crippen molar-refractivity contribution in [1.29, 1.82) is 0 Å². The van der Waals surface area contributed by atoms with Gasteiger partial charge in [-0.15, -0.1) is 6.58 Å². The first-order chi connectivity index (χ1) is 5.82. The summed E-state index contributed by atoms with van der Waals surface area (Å²) in [6, 6.07) is 0. The first-order valence-electron chi connectivity index (χ1n) is 3.33. The summed E-state index contributed by atoms with van der Waals surface area (Å²) in [4.78, 5) is 0.882. The van der Waals surface area contributed by atoms with Gasteiger partial charge in [-0.3, -0.25) is 0 Å². The summed E-state index contributed by atoms with van der Waals surface area (Å²) in [7, 11) is 1.26. The molecule has 0 amide bonds. The van der Waals surface area contributed by atoms with E-state index in [1.807, 2.05) is 6.20 Å². The van der Waals surface area contributed by atoms with E-state index in [0.717, 1.165) is 11.1 Å². The SMILES string of the molecule is C=C1C(C(F)(F)F)=[C-]N(C)C=C1F.[Y]. The van der Waals surface area contributed by atoms with Gasteiger partial charge in [0.05, 0.1) is 0 Å². The number of hydrogen-bond acceptors (Lipinski definition) is 1. The Morgan fingerprint density at radius 3 is 2.36 bits per heavy atom. The summed E-state index contributed by atoms with van der Waals surface area (Å²) in [5.74, 6) is -0.992. The third kappa shape index (κ3) is 2.92. The molecule has 0 saturated carbocycles. The molecule has 1 nitrogen and oxygen atoms in total. The Morgan fingerprint density at radius 1 is 1.43 bits per heavy atom. The van der Waals surface area contributed by atoms with Crippen LogP contribution in [0.25, 0.3) is 0 Å². The zero-order valence-electron chi connectivity index (χ0n) is 7.32. The van der Waals surface area contributed by atoms with Crippen LogP contribution in [-0.4, -0.2) is 18.1 Å². The van der Waals surface area contributed by atoms with Gasteiger partial charge in [-0.2, -0.15) is 13.2 Å². The maximum Gasteiger partial charge on any atom is 0.396 e. The van der Waals surface area contributed by atoms with E-state index in [1.54, 1.807) is 0 Å². The molecule has 0 bridgehead atoms. The van der Waals surface area contributed by atoms with Crippen LogP contribution < -0.4 is 0 Å². The molecule has 0 fully saturated rings. The Bertz CT molecular complexity index is 303. The molecule has 1 rings (SSSR count). The molecule has 14 heavy (non-hydrogen) atoms. The standard InChI is InChI=1S/C8H6F4N.Y/c1-5-6(8(10,11)12)3-13(2)4-7(5)9;/h4H,1H2,2H3;/q-1;. The zero-order valence-corrected chi connectivity index (χ0v) is 10.2. The second-order valence-corrected chi connectivity index (χ2v) is 2.55. The molecule has 75 valence electrons. The van der Waals surface area contributed by atoms with Crippen LogP contribution in [0.1, 0.15) is 0 Å². The fourth-order valence-corrected chi connectivity index (χ4v) is 0.878. The third-order valence-electron chi connectivity index (χ3n) is 1.47. The van der Waals surface area contributed by atoms with Crippen LogP contribution in [0.4, 0.5) is 17.6 Å². The molecule has 6 heteroatoms. The molecule has 0 saturated heterocycles. The van der Waals surface area contributed by atoms with Gasteiger partial charge in [-0.1, -0.05) is 18.0 Å². The second kappa shape index (κ2) is 4.58. The minimum atomic E-state index is -4.61. The van der Waals surface area contributed by atoms with Crippen LogP contribution in [-0.2, 0) is 32.7 Å². The fourth-order valence-electron chi connectivity index (χ4n) is 0.878. The largest absolute Gasteiger partial charge is 0.461 e. The number of alkyl halides is 3. The summed E-state index contributed by atoms with van der Waals surface area (Å²) in [6.45, 7) is 2.99. The molecular weight excluding hydrogens is 275 g/mol. The van der Waals surface area contributed by atoms with Crippen molar-refractivity contribution in [3.63, 3.8) is 0 Å². The van der Waals surface area contributed by atoms with Crippen LogP contribution in [0.15, 0.2) is 29.8 Å². The van der Waals surface area contributed by atoms with Crippen LogP contribution in [0, 0.1) is 6.20 Å². The topological polar surface area (TPSA) is 3.24 Å². The molecule has 0 unspecified atom stereocenters. The Morgan fingerprint density at radius 2 is 1.93 bits per heavy atom. The Balaban J connectivity index is 0.00000169. The van der Waals surface area contributed by atoms with Crippen molar-refractivity contribution in [2.24, 2.45) is 0 Å². The van der Waals surface area contributed by atoms with Gasteiger partial charge in [0.15, 0.2) is 0 Å². The molecule has 0 aromatic carbocycles. The molecule has 0 spiro atoms. The first kappa shape index (κ1) is 13.8. The third-order valence-corrected chi connectivity index (χ3v) is 1.47. The minimum Gasteiger partial charge on any atom is -0.461 e. The van der Waals surface area contributed by atoms with E-state index in [-0.39, 0.29) is 32.7 Å². The van der Waals surface area contributed by atoms with E-state index in [0.29, 0.717) is 0 Å². The van der Waals surface area contributed by atoms with Crippen molar-refractivity contribution in [3.05, 3.63) is 36.0 Å². The quantitative estimate of drug-likeness (QED) is 0.487. The number of hydrogen-bond donors (Lipinski definition) is 0. The predicted molar refractivity (Wildman–Crippen MR) is 38.9 cm³/mol. The van der Waals surface area contributed by atoms with E-state index in [9.17, 15) is 17.6 Å². The smallest absolute Gasteiger partial charge is 0.396 e. The van der Waals surface area contributed by atoms with Crippen molar-refractivity contribution in [1.82, 2.24) is 4.90 Å². The van der Waals surface area contributed by atoms with Crippen molar-refractivity contribution >= 4 is 0 Å². The van der Waals surface area contributed by atoms with Crippen LogP contribution >= 0.6 is 0 Å². The van der Waals surface area contributed by atoms with Gasteiger partial charge in [0.2, 0.25) is 0 Å². The molecule has 1 radical (unpaired) electrons. The Hall–Kier alpha value is -0.156. The number of allylic oxidation sites excluding steroid dienone is 3. The molecule has 1 aliphatic heterocycles. The van der Waals surface area contributed by atoms with Crippen molar-refractivity contribution in [3.8, 4) is 0 Å². The van der Waals surface area contributed by atoms with Crippen LogP contribution in [0.2, 0.25) is 0 Å². The van der Waals surface area contributed by atoms with Gasteiger partial charge in [0, 0.05) is 38.5 Å².